The van der Waals surface area contributed by atoms with Crippen molar-refractivity contribution in [1.82, 2.24) is 0 Å². The summed E-state index contributed by atoms with van der Waals surface area (Å²) >= 11 is 0. The van der Waals surface area contributed by atoms with Gasteiger partial charge in [-0.15, -0.1) is 26.4 Å². The SMILES string of the molecule is CCCC[O-].CCCC[O-].CCCC[O-].CCCC[O-].[O-2].[Ti+4].[Ti+4]. The van der Waals surface area contributed by atoms with Crippen LogP contribution >= 0.6 is 0 Å². The van der Waals surface area contributed by atoms with Crippen molar-refractivity contribution >= 4 is 0 Å². The van der Waals surface area contributed by atoms with Gasteiger partial charge in [0, 0.05) is 0 Å². The molecule has 136 valence electrons. The summed E-state index contributed by atoms with van der Waals surface area (Å²) in [6, 6.07) is 0. The van der Waals surface area contributed by atoms with Crippen LogP contribution in [0.3, 0.4) is 0 Å². The van der Waals surface area contributed by atoms with Gasteiger partial charge >= 0.3 is 43.4 Å². The summed E-state index contributed by atoms with van der Waals surface area (Å²) in [5.74, 6) is 0. The van der Waals surface area contributed by atoms with Crippen molar-refractivity contribution in [2.24, 2.45) is 0 Å². The molecule has 0 spiro atoms. The first kappa shape index (κ1) is 44.0. The molecular formula is C16H36O5Ti2+2. The molecule has 23 heavy (non-hydrogen) atoms. The van der Waals surface area contributed by atoms with E-state index >= 15 is 0 Å². The van der Waals surface area contributed by atoms with Gasteiger partial charge < -0.3 is 25.9 Å². The normalized spacial score (nSPS) is 7.30. The zero-order chi connectivity index (χ0) is 16.5. The Morgan fingerprint density at radius 1 is 0.435 bits per heavy atom. The van der Waals surface area contributed by atoms with Crippen molar-refractivity contribution < 1.29 is 69.3 Å². The first-order valence-corrected chi connectivity index (χ1v) is 7.98. The van der Waals surface area contributed by atoms with E-state index in [1.165, 1.54) is 0 Å². The van der Waals surface area contributed by atoms with Crippen LogP contribution in [-0.2, 0) is 48.9 Å². The van der Waals surface area contributed by atoms with Crippen LogP contribution in [0.4, 0.5) is 0 Å². The molecular weight excluding hydrogens is 368 g/mol. The molecule has 0 atom stereocenters. The monoisotopic (exact) mass is 404 g/mol. The van der Waals surface area contributed by atoms with E-state index in [-0.39, 0.29) is 75.3 Å². The molecule has 0 fully saturated rings. The van der Waals surface area contributed by atoms with E-state index in [1.807, 2.05) is 27.7 Å². The van der Waals surface area contributed by atoms with Gasteiger partial charge in [0.2, 0.25) is 0 Å². The van der Waals surface area contributed by atoms with Crippen molar-refractivity contribution in [3.8, 4) is 0 Å². The first-order valence-electron chi connectivity index (χ1n) is 7.98. The van der Waals surface area contributed by atoms with Crippen LogP contribution in [0, 0.1) is 0 Å². The Labute approximate surface area is 174 Å². The fourth-order valence-corrected chi connectivity index (χ4v) is 0.577. The van der Waals surface area contributed by atoms with Crippen LogP contribution in [0.2, 0.25) is 0 Å². The van der Waals surface area contributed by atoms with Crippen molar-refractivity contribution in [1.29, 1.82) is 0 Å². The Kier molecular flexibility index (Phi) is 126. The summed E-state index contributed by atoms with van der Waals surface area (Å²) in [4.78, 5) is 0. The predicted molar refractivity (Wildman–Crippen MR) is 79.8 cm³/mol. The number of hydrogen-bond donors (Lipinski definition) is 0. The fraction of sp³-hybridized carbons (Fsp3) is 1.00. The van der Waals surface area contributed by atoms with E-state index in [0.717, 1.165) is 51.4 Å². The van der Waals surface area contributed by atoms with E-state index in [9.17, 15) is 20.4 Å². The molecule has 0 bridgehead atoms. The molecule has 0 aliphatic rings. The van der Waals surface area contributed by atoms with Crippen LogP contribution in [-0.4, -0.2) is 26.4 Å². The molecule has 0 heterocycles. The minimum Gasteiger partial charge on any atom is -2.00 e. The minimum absolute atomic E-state index is 0. The minimum atomic E-state index is 0. The van der Waals surface area contributed by atoms with Gasteiger partial charge in [-0.3, -0.25) is 0 Å². The van der Waals surface area contributed by atoms with Crippen molar-refractivity contribution in [3.63, 3.8) is 0 Å². The molecule has 0 rings (SSSR count). The Balaban J connectivity index is -0.0000000284. The Hall–Kier alpha value is 1.23. The Morgan fingerprint density at radius 3 is 0.565 bits per heavy atom. The smallest absolute Gasteiger partial charge is 2.00 e. The van der Waals surface area contributed by atoms with Gasteiger partial charge in [-0.25, -0.2) is 0 Å². The first-order chi connectivity index (χ1) is 9.66. The second-order valence-corrected chi connectivity index (χ2v) is 4.23. The largest absolute Gasteiger partial charge is 4.00 e. The Bertz CT molecular complexity index is 80.5. The third-order valence-corrected chi connectivity index (χ3v) is 1.99. The van der Waals surface area contributed by atoms with Gasteiger partial charge in [0.1, 0.15) is 0 Å². The second-order valence-electron chi connectivity index (χ2n) is 4.23. The summed E-state index contributed by atoms with van der Waals surface area (Å²) in [5, 5.41) is 38.1. The molecule has 0 aromatic rings. The molecule has 7 heteroatoms. The van der Waals surface area contributed by atoms with Crippen molar-refractivity contribution in [2.75, 3.05) is 26.4 Å². The number of rotatable bonds is 8. The number of hydrogen-bond acceptors (Lipinski definition) is 4. The maximum absolute atomic E-state index is 9.53. The van der Waals surface area contributed by atoms with E-state index in [2.05, 4.69) is 0 Å². The van der Waals surface area contributed by atoms with Crippen molar-refractivity contribution in [3.05, 3.63) is 0 Å². The predicted octanol–water partition coefficient (Wildman–Crippen LogP) is 0.463. The van der Waals surface area contributed by atoms with Gasteiger partial charge in [-0.2, -0.15) is 0 Å². The molecule has 0 aliphatic heterocycles. The molecule has 0 amide bonds. The van der Waals surface area contributed by atoms with Crippen LogP contribution in [0.25, 0.3) is 0 Å². The van der Waals surface area contributed by atoms with E-state index in [0.29, 0.717) is 0 Å². The maximum Gasteiger partial charge on any atom is 4.00 e. The summed E-state index contributed by atoms with van der Waals surface area (Å²) in [5.41, 5.74) is 0. The van der Waals surface area contributed by atoms with E-state index in [4.69, 9.17) is 0 Å². The molecule has 0 aliphatic carbocycles. The zero-order valence-electron chi connectivity index (χ0n) is 15.5. The van der Waals surface area contributed by atoms with Gasteiger partial charge in [0.05, 0.1) is 0 Å². The van der Waals surface area contributed by atoms with E-state index in [1.54, 1.807) is 0 Å². The summed E-state index contributed by atoms with van der Waals surface area (Å²) in [6.45, 7) is 8.42. The van der Waals surface area contributed by atoms with Gasteiger partial charge in [0.15, 0.2) is 0 Å². The molecule has 0 N–H and O–H groups in total. The molecule has 0 aromatic heterocycles. The Morgan fingerprint density at radius 2 is 0.565 bits per heavy atom. The summed E-state index contributed by atoms with van der Waals surface area (Å²) < 4.78 is 0. The average molecular weight is 404 g/mol. The third kappa shape index (κ3) is 123. The van der Waals surface area contributed by atoms with Crippen molar-refractivity contribution in [2.45, 2.75) is 79.1 Å². The number of unbranched alkanes of at least 4 members (excludes halogenated alkanes) is 4. The van der Waals surface area contributed by atoms with Crippen LogP contribution in [0.15, 0.2) is 0 Å². The standard InChI is InChI=1S/4C4H9O.O.2Ti/c4*1-2-3-4-5;;;/h4*2-4H2,1H3;;;/q4*-1;-2;2*+4. The molecule has 0 radical (unpaired) electrons. The molecule has 0 saturated carbocycles. The molecule has 0 saturated heterocycles. The zero-order valence-corrected chi connectivity index (χ0v) is 18.6. The quantitative estimate of drug-likeness (QED) is 0.546. The molecule has 0 aromatic carbocycles. The summed E-state index contributed by atoms with van der Waals surface area (Å²) in [6.07, 6.45) is 7.46. The average Bonchev–Trinajstić information content (AvgIpc) is 2.44. The molecule has 0 unspecified atom stereocenters. The fourth-order valence-electron chi connectivity index (χ4n) is 0.577. The van der Waals surface area contributed by atoms with Gasteiger partial charge in [0.25, 0.3) is 0 Å². The summed E-state index contributed by atoms with van der Waals surface area (Å²) in [7, 11) is 0. The second kappa shape index (κ2) is 65.6. The third-order valence-electron chi connectivity index (χ3n) is 1.99. The van der Waals surface area contributed by atoms with Gasteiger partial charge in [-0.1, -0.05) is 79.1 Å². The van der Waals surface area contributed by atoms with Crippen LogP contribution in [0.1, 0.15) is 79.1 Å². The topological polar surface area (TPSA) is 121 Å². The van der Waals surface area contributed by atoms with Crippen LogP contribution in [0.5, 0.6) is 0 Å². The molecule has 5 nitrogen and oxygen atoms in total. The van der Waals surface area contributed by atoms with Crippen LogP contribution < -0.4 is 20.4 Å². The van der Waals surface area contributed by atoms with Gasteiger partial charge in [-0.05, 0) is 0 Å². The van der Waals surface area contributed by atoms with E-state index < -0.39 is 0 Å². The maximum atomic E-state index is 9.53.